The third-order valence-electron chi connectivity index (χ3n) is 3.16. The second-order valence-electron chi connectivity index (χ2n) is 4.79. The lowest BCUT2D eigenvalue weighted by molar-refractivity contribution is 0.307. The summed E-state index contributed by atoms with van der Waals surface area (Å²) in [4.78, 5) is 1.27. The minimum Gasteiger partial charge on any atom is -0.493 e. The topological polar surface area (TPSA) is 60.2 Å². The van der Waals surface area contributed by atoms with Crippen LogP contribution in [0.4, 0.5) is 6.01 Å². The molecule has 0 saturated heterocycles. The molecule has 0 aliphatic carbocycles. The monoisotopic (exact) mass is 315 g/mol. The molecule has 22 heavy (non-hydrogen) atoms. The van der Waals surface area contributed by atoms with E-state index in [9.17, 15) is 0 Å². The largest absolute Gasteiger partial charge is 0.493 e. The predicted molar refractivity (Wildman–Crippen MR) is 86.3 cm³/mol. The number of para-hydroxylation sites is 1. The molecular formula is C16H17N3O2S. The molecule has 0 aliphatic heterocycles. The van der Waals surface area contributed by atoms with Gasteiger partial charge in [0, 0.05) is 4.88 Å². The predicted octanol–water partition coefficient (Wildman–Crippen LogP) is 3.67. The Labute approximate surface area is 133 Å². The van der Waals surface area contributed by atoms with Crippen molar-refractivity contribution >= 4 is 17.4 Å². The van der Waals surface area contributed by atoms with Crippen LogP contribution in [0.25, 0.3) is 0 Å². The SMILES string of the molecule is Cc1ccsc1CNc1nnc(CCOc2ccccc2)o1. The number of aryl methyl sites for hydroxylation is 1. The van der Waals surface area contributed by atoms with E-state index in [2.05, 4.69) is 33.9 Å². The highest BCUT2D eigenvalue weighted by Crippen LogP contribution is 2.17. The smallest absolute Gasteiger partial charge is 0.315 e. The van der Waals surface area contributed by atoms with Crippen LogP contribution in [0.1, 0.15) is 16.3 Å². The zero-order valence-electron chi connectivity index (χ0n) is 12.3. The minimum absolute atomic E-state index is 0.447. The van der Waals surface area contributed by atoms with E-state index in [1.54, 1.807) is 11.3 Å². The molecule has 2 heterocycles. The third kappa shape index (κ3) is 3.85. The van der Waals surface area contributed by atoms with Crippen LogP contribution in [0, 0.1) is 6.92 Å². The summed E-state index contributed by atoms with van der Waals surface area (Å²) in [5, 5.41) is 13.2. The van der Waals surface area contributed by atoms with Gasteiger partial charge in [-0.1, -0.05) is 23.3 Å². The van der Waals surface area contributed by atoms with Gasteiger partial charge in [0.15, 0.2) is 0 Å². The van der Waals surface area contributed by atoms with Gasteiger partial charge >= 0.3 is 6.01 Å². The fraction of sp³-hybridized carbons (Fsp3) is 0.250. The first-order valence-corrected chi connectivity index (χ1v) is 7.96. The maximum atomic E-state index is 5.61. The summed E-state index contributed by atoms with van der Waals surface area (Å²) in [5.74, 6) is 1.41. The minimum atomic E-state index is 0.447. The maximum absolute atomic E-state index is 5.61. The lowest BCUT2D eigenvalue weighted by atomic mass is 10.3. The molecule has 114 valence electrons. The van der Waals surface area contributed by atoms with Crippen molar-refractivity contribution < 1.29 is 9.15 Å². The number of thiophene rings is 1. The van der Waals surface area contributed by atoms with E-state index in [1.165, 1.54) is 10.4 Å². The van der Waals surface area contributed by atoms with Crippen molar-refractivity contribution in [3.63, 3.8) is 0 Å². The molecule has 0 fully saturated rings. The van der Waals surface area contributed by atoms with Crippen molar-refractivity contribution in [2.45, 2.75) is 19.9 Å². The van der Waals surface area contributed by atoms with Gasteiger partial charge in [-0.05, 0) is 36.1 Å². The van der Waals surface area contributed by atoms with Gasteiger partial charge in [0.05, 0.1) is 19.6 Å². The Morgan fingerprint density at radius 3 is 2.82 bits per heavy atom. The second kappa shape index (κ2) is 7.09. The summed E-state index contributed by atoms with van der Waals surface area (Å²) >= 11 is 1.71. The molecule has 0 bridgehead atoms. The molecule has 1 aromatic carbocycles. The number of hydrogen-bond donors (Lipinski definition) is 1. The van der Waals surface area contributed by atoms with E-state index in [0.29, 0.717) is 31.5 Å². The fourth-order valence-electron chi connectivity index (χ4n) is 1.94. The Morgan fingerprint density at radius 1 is 1.18 bits per heavy atom. The van der Waals surface area contributed by atoms with Crippen LogP contribution in [0.15, 0.2) is 46.2 Å². The zero-order chi connectivity index (χ0) is 15.2. The van der Waals surface area contributed by atoms with E-state index in [4.69, 9.17) is 9.15 Å². The number of rotatable bonds is 7. The van der Waals surface area contributed by atoms with E-state index >= 15 is 0 Å². The molecule has 0 radical (unpaired) electrons. The summed E-state index contributed by atoms with van der Waals surface area (Å²) in [7, 11) is 0. The Bertz CT molecular complexity index is 709. The molecular weight excluding hydrogens is 298 g/mol. The molecule has 6 heteroatoms. The Kier molecular flexibility index (Phi) is 4.70. The number of hydrogen-bond acceptors (Lipinski definition) is 6. The number of nitrogens with zero attached hydrogens (tertiary/aromatic N) is 2. The Morgan fingerprint density at radius 2 is 2.05 bits per heavy atom. The Hall–Kier alpha value is -2.34. The number of aromatic nitrogens is 2. The van der Waals surface area contributed by atoms with Crippen molar-refractivity contribution in [2.75, 3.05) is 11.9 Å². The highest BCUT2D eigenvalue weighted by Gasteiger charge is 2.07. The van der Waals surface area contributed by atoms with E-state index < -0.39 is 0 Å². The summed E-state index contributed by atoms with van der Waals surface area (Å²) in [6, 6.07) is 12.2. The third-order valence-corrected chi connectivity index (χ3v) is 4.19. The van der Waals surface area contributed by atoms with Gasteiger partial charge in [-0.3, -0.25) is 0 Å². The molecule has 5 nitrogen and oxygen atoms in total. The first-order valence-electron chi connectivity index (χ1n) is 7.08. The number of nitrogens with one attached hydrogen (secondary N) is 1. The maximum Gasteiger partial charge on any atom is 0.315 e. The molecule has 3 rings (SSSR count). The molecule has 0 aliphatic rings. The zero-order valence-corrected chi connectivity index (χ0v) is 13.1. The highest BCUT2D eigenvalue weighted by atomic mass is 32.1. The van der Waals surface area contributed by atoms with Gasteiger partial charge in [-0.15, -0.1) is 16.4 Å². The first kappa shape index (κ1) is 14.6. The molecule has 0 spiro atoms. The van der Waals surface area contributed by atoms with Crippen LogP contribution in [0.3, 0.4) is 0 Å². The van der Waals surface area contributed by atoms with Crippen molar-refractivity contribution in [3.05, 3.63) is 58.1 Å². The molecule has 2 aromatic heterocycles. The van der Waals surface area contributed by atoms with Crippen LogP contribution in [0.2, 0.25) is 0 Å². The summed E-state index contributed by atoms with van der Waals surface area (Å²) < 4.78 is 11.2. The van der Waals surface area contributed by atoms with Gasteiger partial charge in [0.25, 0.3) is 0 Å². The quantitative estimate of drug-likeness (QED) is 0.721. The number of benzene rings is 1. The molecule has 0 unspecified atom stereocenters. The van der Waals surface area contributed by atoms with Crippen LogP contribution in [-0.2, 0) is 13.0 Å². The van der Waals surface area contributed by atoms with Crippen molar-refractivity contribution in [1.82, 2.24) is 10.2 Å². The second-order valence-corrected chi connectivity index (χ2v) is 5.79. The van der Waals surface area contributed by atoms with Gasteiger partial charge < -0.3 is 14.5 Å². The van der Waals surface area contributed by atoms with E-state index in [-0.39, 0.29) is 0 Å². The van der Waals surface area contributed by atoms with Crippen molar-refractivity contribution in [1.29, 1.82) is 0 Å². The standard InChI is InChI=1S/C16H17N3O2S/c1-12-8-10-22-14(12)11-17-16-19-18-15(21-16)7-9-20-13-5-3-2-4-6-13/h2-6,8,10H,7,9,11H2,1H3,(H,17,19). The highest BCUT2D eigenvalue weighted by molar-refractivity contribution is 7.10. The normalized spacial score (nSPS) is 10.6. The first-order chi connectivity index (χ1) is 10.8. The van der Waals surface area contributed by atoms with Crippen molar-refractivity contribution in [2.24, 2.45) is 0 Å². The van der Waals surface area contributed by atoms with Crippen LogP contribution >= 0.6 is 11.3 Å². The van der Waals surface area contributed by atoms with E-state index in [0.717, 1.165) is 5.75 Å². The average Bonchev–Trinajstić information content (AvgIpc) is 3.15. The average molecular weight is 315 g/mol. The lowest BCUT2D eigenvalue weighted by Crippen LogP contribution is -2.01. The van der Waals surface area contributed by atoms with Crippen LogP contribution in [0.5, 0.6) is 5.75 Å². The number of ether oxygens (including phenoxy) is 1. The van der Waals surface area contributed by atoms with E-state index in [1.807, 2.05) is 30.3 Å². The molecule has 1 N–H and O–H groups in total. The summed E-state index contributed by atoms with van der Waals surface area (Å²) in [6.07, 6.45) is 0.585. The van der Waals surface area contributed by atoms with Gasteiger partial charge in [0.1, 0.15) is 5.75 Å². The Balaban J connectivity index is 1.46. The fourth-order valence-corrected chi connectivity index (χ4v) is 2.79. The van der Waals surface area contributed by atoms with Crippen LogP contribution in [-0.4, -0.2) is 16.8 Å². The number of anilines is 1. The summed E-state index contributed by atoms with van der Waals surface area (Å²) in [6.45, 7) is 3.30. The van der Waals surface area contributed by atoms with Gasteiger partial charge in [-0.25, -0.2) is 0 Å². The molecule has 3 aromatic rings. The van der Waals surface area contributed by atoms with Crippen molar-refractivity contribution in [3.8, 4) is 5.75 Å². The molecule has 0 saturated carbocycles. The molecule has 0 amide bonds. The lowest BCUT2D eigenvalue weighted by Gasteiger charge is -2.03. The summed E-state index contributed by atoms with van der Waals surface area (Å²) in [5.41, 5.74) is 1.27. The van der Waals surface area contributed by atoms with Gasteiger partial charge in [0.2, 0.25) is 5.89 Å². The molecule has 0 atom stereocenters. The van der Waals surface area contributed by atoms with Gasteiger partial charge in [-0.2, -0.15) is 0 Å². The van der Waals surface area contributed by atoms with Crippen LogP contribution < -0.4 is 10.1 Å².